The van der Waals surface area contributed by atoms with E-state index in [0.717, 1.165) is 5.56 Å². The average Bonchev–Trinajstić information content (AvgIpc) is 2.83. The van der Waals surface area contributed by atoms with Crippen molar-refractivity contribution in [3.8, 4) is 0 Å². The lowest BCUT2D eigenvalue weighted by Gasteiger charge is -1.95. The van der Waals surface area contributed by atoms with E-state index in [0.29, 0.717) is 5.82 Å². The number of H-pyrrole nitrogens is 1. The monoisotopic (exact) mass is 231 g/mol. The molecule has 0 aliphatic rings. The summed E-state index contributed by atoms with van der Waals surface area (Å²) in [7, 11) is 0. The van der Waals surface area contributed by atoms with Crippen molar-refractivity contribution in [1.82, 2.24) is 31.0 Å². The second kappa shape index (κ2) is 5.45. The Morgan fingerprint density at radius 1 is 1.59 bits per heavy atom. The fraction of sp³-hybridized carbons (Fsp3) is 0.111. The standard InChI is InChI=1S/C9H9N7O/c17-9(4-8-12-15-16-13-8)14-11-6-7-2-1-3-10-5-7/h1-3,5-6H,4H2,(H,14,17)(H,12,13,15,16). The molecule has 0 saturated carbocycles. The van der Waals surface area contributed by atoms with Crippen LogP contribution in [0.2, 0.25) is 0 Å². The molecule has 0 fully saturated rings. The smallest absolute Gasteiger partial charge is 0.247 e. The van der Waals surface area contributed by atoms with Crippen LogP contribution in [0.4, 0.5) is 0 Å². The highest BCUT2D eigenvalue weighted by molar-refractivity contribution is 5.82. The molecule has 0 aliphatic heterocycles. The number of aromatic nitrogens is 5. The van der Waals surface area contributed by atoms with Gasteiger partial charge in [-0.25, -0.2) is 5.43 Å². The van der Waals surface area contributed by atoms with Gasteiger partial charge in [-0.2, -0.15) is 10.3 Å². The van der Waals surface area contributed by atoms with Gasteiger partial charge >= 0.3 is 0 Å². The van der Waals surface area contributed by atoms with Gasteiger partial charge in [-0.05, 0) is 6.07 Å². The summed E-state index contributed by atoms with van der Waals surface area (Å²) in [6.07, 6.45) is 4.82. The lowest BCUT2D eigenvalue weighted by Crippen LogP contribution is -2.20. The Morgan fingerprint density at radius 2 is 2.53 bits per heavy atom. The molecule has 8 nitrogen and oxygen atoms in total. The van der Waals surface area contributed by atoms with E-state index >= 15 is 0 Å². The minimum absolute atomic E-state index is 0.0287. The van der Waals surface area contributed by atoms with Gasteiger partial charge in [0.25, 0.3) is 0 Å². The van der Waals surface area contributed by atoms with Crippen molar-refractivity contribution >= 4 is 12.1 Å². The Hall–Kier alpha value is -2.64. The number of hydrazone groups is 1. The number of pyridine rings is 1. The third-order valence-electron chi connectivity index (χ3n) is 1.80. The van der Waals surface area contributed by atoms with Crippen LogP contribution in [0.25, 0.3) is 0 Å². The summed E-state index contributed by atoms with van der Waals surface area (Å²) in [6.45, 7) is 0. The molecule has 2 aromatic rings. The van der Waals surface area contributed by atoms with Crippen LogP contribution in [0, 0.1) is 0 Å². The molecular weight excluding hydrogens is 222 g/mol. The third kappa shape index (κ3) is 3.45. The van der Waals surface area contributed by atoms with Crippen LogP contribution in [0.1, 0.15) is 11.4 Å². The van der Waals surface area contributed by atoms with Crippen LogP contribution >= 0.6 is 0 Å². The Bertz CT molecular complexity index is 493. The van der Waals surface area contributed by atoms with Crippen molar-refractivity contribution in [3.05, 3.63) is 35.9 Å². The van der Waals surface area contributed by atoms with E-state index in [9.17, 15) is 4.79 Å². The van der Waals surface area contributed by atoms with Crippen LogP contribution in [0.15, 0.2) is 29.6 Å². The van der Waals surface area contributed by atoms with Crippen molar-refractivity contribution in [2.45, 2.75) is 6.42 Å². The van der Waals surface area contributed by atoms with Crippen LogP contribution in [-0.4, -0.2) is 37.7 Å². The number of hydrogen-bond acceptors (Lipinski definition) is 6. The summed E-state index contributed by atoms with van der Waals surface area (Å²) in [5.41, 5.74) is 3.15. The molecule has 17 heavy (non-hydrogen) atoms. The van der Waals surface area contributed by atoms with Gasteiger partial charge in [0.1, 0.15) is 0 Å². The Morgan fingerprint density at radius 3 is 3.24 bits per heavy atom. The van der Waals surface area contributed by atoms with E-state index in [1.165, 1.54) is 6.21 Å². The summed E-state index contributed by atoms with van der Waals surface area (Å²) >= 11 is 0. The number of tetrazole rings is 1. The van der Waals surface area contributed by atoms with Gasteiger partial charge in [0.15, 0.2) is 5.82 Å². The molecular formula is C9H9N7O. The number of hydrogen-bond donors (Lipinski definition) is 2. The molecule has 0 saturated heterocycles. The maximum atomic E-state index is 11.3. The predicted octanol–water partition coefficient (Wildman–Crippen LogP) is -0.712. The molecule has 2 N–H and O–H groups in total. The zero-order valence-electron chi connectivity index (χ0n) is 8.74. The van der Waals surface area contributed by atoms with E-state index in [1.54, 1.807) is 18.5 Å². The van der Waals surface area contributed by atoms with Crippen molar-refractivity contribution in [2.24, 2.45) is 5.10 Å². The van der Waals surface area contributed by atoms with Gasteiger partial charge in [0.2, 0.25) is 5.91 Å². The molecule has 86 valence electrons. The van der Waals surface area contributed by atoms with E-state index < -0.39 is 0 Å². The average molecular weight is 231 g/mol. The maximum absolute atomic E-state index is 11.3. The van der Waals surface area contributed by atoms with Gasteiger partial charge in [0.05, 0.1) is 12.6 Å². The van der Waals surface area contributed by atoms with Crippen molar-refractivity contribution in [2.75, 3.05) is 0 Å². The molecule has 8 heteroatoms. The van der Waals surface area contributed by atoms with Crippen molar-refractivity contribution in [1.29, 1.82) is 0 Å². The lowest BCUT2D eigenvalue weighted by atomic mass is 10.3. The summed E-state index contributed by atoms with van der Waals surface area (Å²) in [6, 6.07) is 3.60. The van der Waals surface area contributed by atoms with Gasteiger partial charge in [-0.3, -0.25) is 9.78 Å². The molecule has 0 radical (unpaired) electrons. The molecule has 2 aromatic heterocycles. The first-order valence-electron chi connectivity index (χ1n) is 4.79. The maximum Gasteiger partial charge on any atom is 0.247 e. The Balaban J connectivity index is 1.82. The number of carbonyl (C=O) groups is 1. The van der Waals surface area contributed by atoms with Crippen LogP contribution in [-0.2, 0) is 11.2 Å². The fourth-order valence-electron chi connectivity index (χ4n) is 1.07. The van der Waals surface area contributed by atoms with Gasteiger partial charge < -0.3 is 0 Å². The summed E-state index contributed by atoms with van der Waals surface area (Å²) in [4.78, 5) is 15.2. The zero-order valence-corrected chi connectivity index (χ0v) is 8.74. The molecule has 0 unspecified atom stereocenters. The van der Waals surface area contributed by atoms with Crippen molar-refractivity contribution < 1.29 is 4.79 Å². The largest absolute Gasteiger partial charge is 0.273 e. The second-order valence-corrected chi connectivity index (χ2v) is 3.08. The molecule has 1 amide bonds. The normalized spacial score (nSPS) is 10.6. The molecule has 2 heterocycles. The van der Waals surface area contributed by atoms with Gasteiger partial charge in [-0.1, -0.05) is 11.3 Å². The first-order chi connectivity index (χ1) is 8.34. The number of rotatable bonds is 4. The van der Waals surface area contributed by atoms with E-state index in [2.05, 4.69) is 36.1 Å². The minimum atomic E-state index is -0.313. The minimum Gasteiger partial charge on any atom is -0.273 e. The Kier molecular flexibility index (Phi) is 3.48. The first kappa shape index (κ1) is 10.9. The highest BCUT2D eigenvalue weighted by atomic mass is 16.2. The predicted molar refractivity (Wildman–Crippen MR) is 57.9 cm³/mol. The van der Waals surface area contributed by atoms with E-state index in [4.69, 9.17) is 0 Å². The summed E-state index contributed by atoms with van der Waals surface area (Å²) in [5.74, 6) is 0.00520. The number of amides is 1. The lowest BCUT2D eigenvalue weighted by molar-refractivity contribution is -0.120. The third-order valence-corrected chi connectivity index (χ3v) is 1.80. The molecule has 0 atom stereocenters. The highest BCUT2D eigenvalue weighted by Crippen LogP contribution is 1.90. The van der Waals surface area contributed by atoms with Crippen LogP contribution in [0.3, 0.4) is 0 Å². The quantitative estimate of drug-likeness (QED) is 0.533. The second-order valence-electron chi connectivity index (χ2n) is 3.08. The fourth-order valence-corrected chi connectivity index (χ4v) is 1.07. The molecule has 0 bridgehead atoms. The zero-order chi connectivity index (χ0) is 11.9. The number of aromatic amines is 1. The van der Waals surface area contributed by atoms with Crippen LogP contribution in [0.5, 0.6) is 0 Å². The number of nitrogens with zero attached hydrogens (tertiary/aromatic N) is 5. The Labute approximate surface area is 96.2 Å². The first-order valence-corrected chi connectivity index (χ1v) is 4.79. The summed E-state index contributed by atoms with van der Waals surface area (Å²) in [5, 5.41) is 16.7. The van der Waals surface area contributed by atoms with Gasteiger partial charge in [-0.15, -0.1) is 10.2 Å². The summed E-state index contributed by atoms with van der Waals surface area (Å²) < 4.78 is 0. The van der Waals surface area contributed by atoms with E-state index in [-0.39, 0.29) is 12.3 Å². The number of nitrogens with one attached hydrogen (secondary N) is 2. The van der Waals surface area contributed by atoms with Crippen LogP contribution < -0.4 is 5.43 Å². The topological polar surface area (TPSA) is 109 Å². The highest BCUT2D eigenvalue weighted by Gasteiger charge is 2.05. The SMILES string of the molecule is O=C(Cc1nn[nH]n1)NN=Cc1cccnc1. The van der Waals surface area contributed by atoms with Gasteiger partial charge in [0, 0.05) is 18.0 Å². The molecule has 0 spiro atoms. The number of carbonyl (C=O) groups excluding carboxylic acids is 1. The van der Waals surface area contributed by atoms with Crippen molar-refractivity contribution in [3.63, 3.8) is 0 Å². The molecule has 2 rings (SSSR count). The molecule has 0 aromatic carbocycles. The van der Waals surface area contributed by atoms with E-state index in [1.807, 2.05) is 6.07 Å². The molecule has 0 aliphatic carbocycles.